The van der Waals surface area contributed by atoms with Crippen LogP contribution in [0.15, 0.2) is 65.7 Å². The second-order valence-corrected chi connectivity index (χ2v) is 10.9. The van der Waals surface area contributed by atoms with Crippen LogP contribution < -0.4 is 10.2 Å². The molecule has 4 rings (SSSR count). The van der Waals surface area contributed by atoms with Crippen molar-refractivity contribution in [2.75, 3.05) is 4.72 Å². The van der Waals surface area contributed by atoms with E-state index in [1.807, 2.05) is 27.7 Å². The Morgan fingerprint density at radius 2 is 1.82 bits per heavy atom. The largest absolute Gasteiger partial charge is 0.296 e. The number of anilines is 1. The van der Waals surface area contributed by atoms with Crippen molar-refractivity contribution in [3.05, 3.63) is 71.4 Å². The number of benzene rings is 2. The molecule has 0 spiro atoms. The van der Waals surface area contributed by atoms with Gasteiger partial charge in [-0.2, -0.15) is 5.48 Å². The van der Waals surface area contributed by atoms with Crippen LogP contribution in [0.25, 0.3) is 16.9 Å². The maximum absolute atomic E-state index is 13.2. The standard InChI is InChI=1S/C23H25ClN6O3S/c1-15(27-33-23(2,3)4)16-7-10-18(11-8-16)34(31,32)28-19-12-9-17(24)14-21(19)30-20-6-5-13-25-22(20)26-29-30/h5-15,27-28H,1-4H3. The monoisotopic (exact) mass is 500 g/mol. The highest BCUT2D eigenvalue weighted by atomic mass is 35.5. The molecule has 2 aromatic heterocycles. The Hall–Kier alpha value is -3.05. The number of sulfonamides is 1. The molecule has 0 amide bonds. The molecule has 0 fully saturated rings. The summed E-state index contributed by atoms with van der Waals surface area (Å²) in [6.07, 6.45) is 1.61. The molecule has 0 saturated heterocycles. The van der Waals surface area contributed by atoms with Gasteiger partial charge in [-0.05, 0) is 75.7 Å². The van der Waals surface area contributed by atoms with Crippen LogP contribution in [-0.4, -0.2) is 34.0 Å². The smallest absolute Gasteiger partial charge is 0.261 e. The van der Waals surface area contributed by atoms with Gasteiger partial charge in [0.1, 0.15) is 5.52 Å². The van der Waals surface area contributed by atoms with Gasteiger partial charge in [0, 0.05) is 11.2 Å². The highest BCUT2D eigenvalue weighted by Gasteiger charge is 2.20. The summed E-state index contributed by atoms with van der Waals surface area (Å²) in [6.45, 7) is 7.76. The molecule has 4 aromatic rings. The Morgan fingerprint density at radius 3 is 2.53 bits per heavy atom. The second-order valence-electron chi connectivity index (χ2n) is 8.74. The Kier molecular flexibility index (Phi) is 6.59. The van der Waals surface area contributed by atoms with E-state index >= 15 is 0 Å². The van der Waals surface area contributed by atoms with E-state index in [0.29, 0.717) is 27.6 Å². The van der Waals surface area contributed by atoms with Gasteiger partial charge in [0.05, 0.1) is 27.9 Å². The predicted molar refractivity (Wildman–Crippen MR) is 131 cm³/mol. The van der Waals surface area contributed by atoms with Crippen LogP contribution >= 0.6 is 11.6 Å². The molecule has 0 saturated carbocycles. The summed E-state index contributed by atoms with van der Waals surface area (Å²) in [7, 11) is -3.89. The molecule has 0 aliphatic carbocycles. The van der Waals surface area contributed by atoms with E-state index in [2.05, 4.69) is 25.5 Å². The molecule has 178 valence electrons. The average molecular weight is 501 g/mol. The van der Waals surface area contributed by atoms with Crippen LogP contribution in [0.3, 0.4) is 0 Å². The zero-order chi connectivity index (χ0) is 24.5. The number of fused-ring (bicyclic) bond motifs is 1. The van der Waals surface area contributed by atoms with Crippen LogP contribution in [0.4, 0.5) is 5.69 Å². The van der Waals surface area contributed by atoms with Crippen molar-refractivity contribution in [2.45, 2.75) is 44.2 Å². The summed E-state index contributed by atoms with van der Waals surface area (Å²) >= 11 is 6.20. The molecule has 0 bridgehead atoms. The molecule has 1 atom stereocenters. The van der Waals surface area contributed by atoms with Gasteiger partial charge < -0.3 is 0 Å². The average Bonchev–Trinajstić information content (AvgIpc) is 3.22. The van der Waals surface area contributed by atoms with Gasteiger partial charge in [-0.15, -0.1) is 5.10 Å². The summed E-state index contributed by atoms with van der Waals surface area (Å²) in [5.41, 5.74) is 5.31. The third-order valence-electron chi connectivity index (χ3n) is 4.89. The van der Waals surface area contributed by atoms with Gasteiger partial charge >= 0.3 is 0 Å². The number of pyridine rings is 1. The van der Waals surface area contributed by atoms with Gasteiger partial charge in [-0.1, -0.05) is 28.9 Å². The van der Waals surface area contributed by atoms with Crippen LogP contribution in [0, 0.1) is 0 Å². The van der Waals surface area contributed by atoms with Crippen molar-refractivity contribution in [3.8, 4) is 5.69 Å². The summed E-state index contributed by atoms with van der Waals surface area (Å²) < 4.78 is 30.5. The lowest BCUT2D eigenvalue weighted by molar-refractivity contribution is -0.0866. The summed E-state index contributed by atoms with van der Waals surface area (Å²) in [5.74, 6) is 0. The fourth-order valence-electron chi connectivity index (χ4n) is 3.18. The van der Waals surface area contributed by atoms with Gasteiger partial charge in [0.15, 0.2) is 0 Å². The second kappa shape index (κ2) is 9.30. The van der Waals surface area contributed by atoms with Crippen molar-refractivity contribution >= 4 is 38.5 Å². The van der Waals surface area contributed by atoms with Crippen LogP contribution in [0.5, 0.6) is 0 Å². The maximum Gasteiger partial charge on any atom is 0.261 e. The van der Waals surface area contributed by atoms with Crippen molar-refractivity contribution in [1.82, 2.24) is 25.5 Å². The minimum Gasteiger partial charge on any atom is -0.296 e. The number of nitrogens with one attached hydrogen (secondary N) is 2. The first-order valence-corrected chi connectivity index (χ1v) is 12.4. The van der Waals surface area contributed by atoms with E-state index in [1.165, 1.54) is 4.68 Å². The number of nitrogens with zero attached hydrogens (tertiary/aromatic N) is 4. The lowest BCUT2D eigenvalue weighted by Gasteiger charge is -2.23. The lowest BCUT2D eigenvalue weighted by Crippen LogP contribution is -2.31. The molecule has 34 heavy (non-hydrogen) atoms. The summed E-state index contributed by atoms with van der Waals surface area (Å²) in [4.78, 5) is 9.89. The Balaban J connectivity index is 1.61. The van der Waals surface area contributed by atoms with Crippen LogP contribution in [-0.2, 0) is 14.9 Å². The van der Waals surface area contributed by atoms with Crippen molar-refractivity contribution in [1.29, 1.82) is 0 Å². The molecule has 0 aliphatic rings. The molecule has 2 heterocycles. The third kappa shape index (κ3) is 5.36. The SMILES string of the molecule is CC(NOC(C)(C)C)c1ccc(S(=O)(=O)Nc2ccc(Cl)cc2-n2nnc3ncccc32)cc1. The van der Waals surface area contributed by atoms with Crippen molar-refractivity contribution < 1.29 is 13.3 Å². The molecular formula is C23H25ClN6O3S. The molecule has 0 radical (unpaired) electrons. The van der Waals surface area contributed by atoms with E-state index in [0.717, 1.165) is 5.56 Å². The highest BCUT2D eigenvalue weighted by Crippen LogP contribution is 2.28. The van der Waals surface area contributed by atoms with Gasteiger partial charge in [0.2, 0.25) is 5.65 Å². The minimum atomic E-state index is -3.89. The first kappa shape index (κ1) is 24.1. The lowest BCUT2D eigenvalue weighted by atomic mass is 10.1. The van der Waals surface area contributed by atoms with E-state index < -0.39 is 10.0 Å². The molecular weight excluding hydrogens is 476 g/mol. The fourth-order valence-corrected chi connectivity index (χ4v) is 4.42. The van der Waals surface area contributed by atoms with Gasteiger partial charge in [-0.3, -0.25) is 9.56 Å². The van der Waals surface area contributed by atoms with Crippen molar-refractivity contribution in [3.63, 3.8) is 0 Å². The molecule has 1 unspecified atom stereocenters. The zero-order valence-electron chi connectivity index (χ0n) is 19.2. The maximum atomic E-state index is 13.2. The topological polar surface area (TPSA) is 111 Å². The first-order chi connectivity index (χ1) is 16.0. The Labute approximate surface area is 203 Å². The third-order valence-corrected chi connectivity index (χ3v) is 6.50. The summed E-state index contributed by atoms with van der Waals surface area (Å²) in [6, 6.07) is 14.8. The number of rotatable bonds is 7. The number of halogens is 1. The van der Waals surface area contributed by atoms with Crippen LogP contribution in [0.1, 0.15) is 39.3 Å². The normalized spacial score (nSPS) is 13.2. The number of hydroxylamine groups is 1. The molecule has 2 aromatic carbocycles. The minimum absolute atomic E-state index is 0.117. The fraction of sp³-hybridized carbons (Fsp3) is 0.261. The quantitative estimate of drug-likeness (QED) is 0.355. The number of hydrogen-bond donors (Lipinski definition) is 2. The number of aromatic nitrogens is 4. The number of hydrogen-bond acceptors (Lipinski definition) is 7. The molecule has 2 N–H and O–H groups in total. The first-order valence-electron chi connectivity index (χ1n) is 10.6. The molecule has 11 heteroatoms. The predicted octanol–water partition coefficient (Wildman–Crippen LogP) is 4.65. The van der Waals surface area contributed by atoms with Gasteiger partial charge in [-0.25, -0.2) is 18.1 Å². The summed E-state index contributed by atoms with van der Waals surface area (Å²) in [5, 5.41) is 8.59. The molecule has 9 nitrogen and oxygen atoms in total. The van der Waals surface area contributed by atoms with E-state index in [4.69, 9.17) is 16.4 Å². The van der Waals surface area contributed by atoms with E-state index in [-0.39, 0.29) is 16.5 Å². The highest BCUT2D eigenvalue weighted by molar-refractivity contribution is 7.92. The zero-order valence-corrected chi connectivity index (χ0v) is 20.7. The Morgan fingerprint density at radius 1 is 1.09 bits per heavy atom. The van der Waals surface area contributed by atoms with E-state index in [1.54, 1.807) is 60.8 Å². The van der Waals surface area contributed by atoms with Crippen LogP contribution in [0.2, 0.25) is 5.02 Å². The Bertz CT molecular complexity index is 1410. The van der Waals surface area contributed by atoms with E-state index in [9.17, 15) is 8.42 Å². The van der Waals surface area contributed by atoms with Crippen molar-refractivity contribution in [2.24, 2.45) is 0 Å². The van der Waals surface area contributed by atoms with Gasteiger partial charge in [0.25, 0.3) is 10.0 Å². The molecule has 0 aliphatic heterocycles.